The van der Waals surface area contributed by atoms with Gasteiger partial charge in [0.25, 0.3) is 0 Å². The quantitative estimate of drug-likeness (QED) is 0.488. The third-order valence-corrected chi connectivity index (χ3v) is 4.96. The van der Waals surface area contributed by atoms with Crippen LogP contribution in [0.1, 0.15) is 18.2 Å². The van der Waals surface area contributed by atoms with Crippen molar-refractivity contribution < 1.29 is 13.9 Å². The van der Waals surface area contributed by atoms with Crippen molar-refractivity contribution in [2.75, 3.05) is 11.9 Å². The van der Waals surface area contributed by atoms with E-state index < -0.39 is 0 Å². The number of carbonyl (C=O) groups excluding carboxylic acids is 1. The SMILES string of the molecule is CCOc1ccc(CC(=O)Nc2cc(C)nn2-c2nc(-c3ccco3)cs2)cc1. The van der Waals surface area contributed by atoms with Crippen molar-refractivity contribution in [2.24, 2.45) is 0 Å². The van der Waals surface area contributed by atoms with E-state index in [0.29, 0.717) is 23.3 Å². The molecule has 4 aromatic rings. The zero-order chi connectivity index (χ0) is 20.2. The van der Waals surface area contributed by atoms with Crippen molar-refractivity contribution in [3.63, 3.8) is 0 Å². The molecule has 1 aromatic carbocycles. The van der Waals surface area contributed by atoms with Crippen molar-refractivity contribution in [1.29, 1.82) is 0 Å². The van der Waals surface area contributed by atoms with E-state index in [4.69, 9.17) is 9.15 Å². The fourth-order valence-electron chi connectivity index (χ4n) is 2.88. The molecule has 1 amide bonds. The predicted octanol–water partition coefficient (Wildman–Crippen LogP) is 4.48. The van der Waals surface area contributed by atoms with Gasteiger partial charge in [0.05, 0.1) is 25.0 Å². The van der Waals surface area contributed by atoms with Crippen LogP contribution in [0.3, 0.4) is 0 Å². The van der Waals surface area contributed by atoms with Crippen LogP contribution in [0.5, 0.6) is 5.75 Å². The number of anilines is 1. The standard InChI is InChI=1S/C21H20N4O3S/c1-3-27-16-8-6-15(7-9-16)12-20(26)23-19-11-14(2)24-25(19)21-22-17(13-29-21)18-5-4-10-28-18/h4-11,13H,3,12H2,1-2H3,(H,23,26). The summed E-state index contributed by atoms with van der Waals surface area (Å²) in [5, 5.41) is 9.96. The van der Waals surface area contributed by atoms with Crippen molar-refractivity contribution >= 4 is 23.1 Å². The van der Waals surface area contributed by atoms with Gasteiger partial charge in [-0.15, -0.1) is 11.3 Å². The van der Waals surface area contributed by atoms with Crippen LogP contribution >= 0.6 is 11.3 Å². The van der Waals surface area contributed by atoms with E-state index in [1.807, 2.05) is 61.7 Å². The number of benzene rings is 1. The Balaban J connectivity index is 1.49. The fraction of sp³-hybridized carbons (Fsp3) is 0.190. The van der Waals surface area contributed by atoms with Crippen molar-refractivity contribution in [3.05, 3.63) is 65.4 Å². The Morgan fingerprint density at radius 1 is 1.28 bits per heavy atom. The molecule has 3 heterocycles. The van der Waals surface area contributed by atoms with E-state index in [1.165, 1.54) is 11.3 Å². The van der Waals surface area contributed by atoms with E-state index >= 15 is 0 Å². The first-order valence-electron chi connectivity index (χ1n) is 9.20. The summed E-state index contributed by atoms with van der Waals surface area (Å²) in [5.74, 6) is 1.94. The molecule has 0 saturated heterocycles. The number of furan rings is 1. The van der Waals surface area contributed by atoms with Crippen LogP contribution in [0.4, 0.5) is 5.82 Å². The molecular formula is C21H20N4O3S. The number of carbonyl (C=O) groups is 1. The number of nitrogens with zero attached hydrogens (tertiary/aromatic N) is 3. The lowest BCUT2D eigenvalue weighted by Gasteiger charge is -2.07. The summed E-state index contributed by atoms with van der Waals surface area (Å²) in [6.45, 7) is 4.42. The van der Waals surface area contributed by atoms with Gasteiger partial charge in [0.1, 0.15) is 17.3 Å². The van der Waals surface area contributed by atoms with E-state index in [9.17, 15) is 4.79 Å². The van der Waals surface area contributed by atoms with Crippen LogP contribution in [0, 0.1) is 6.92 Å². The van der Waals surface area contributed by atoms with Crippen LogP contribution < -0.4 is 10.1 Å². The molecule has 0 unspecified atom stereocenters. The van der Waals surface area contributed by atoms with Gasteiger partial charge in [-0.2, -0.15) is 9.78 Å². The molecule has 3 aromatic heterocycles. The van der Waals surface area contributed by atoms with Gasteiger partial charge in [-0.3, -0.25) is 4.79 Å². The molecule has 0 radical (unpaired) electrons. The lowest BCUT2D eigenvalue weighted by molar-refractivity contribution is -0.115. The van der Waals surface area contributed by atoms with Gasteiger partial charge in [-0.05, 0) is 43.7 Å². The summed E-state index contributed by atoms with van der Waals surface area (Å²) < 4.78 is 12.5. The third kappa shape index (κ3) is 4.38. The highest BCUT2D eigenvalue weighted by Gasteiger charge is 2.15. The zero-order valence-corrected chi connectivity index (χ0v) is 16.9. The molecule has 8 heteroatoms. The van der Waals surface area contributed by atoms with Gasteiger partial charge < -0.3 is 14.5 Å². The maximum Gasteiger partial charge on any atom is 0.229 e. The third-order valence-electron chi connectivity index (χ3n) is 4.14. The highest BCUT2D eigenvalue weighted by atomic mass is 32.1. The number of thiazole rings is 1. The molecule has 0 aliphatic carbocycles. The minimum Gasteiger partial charge on any atom is -0.494 e. The average molecular weight is 408 g/mol. The number of amides is 1. The molecule has 0 fully saturated rings. The number of nitrogens with one attached hydrogen (secondary N) is 1. The Labute approximate surface area is 172 Å². The average Bonchev–Trinajstić information content (AvgIpc) is 3.44. The maximum absolute atomic E-state index is 12.6. The monoisotopic (exact) mass is 408 g/mol. The second-order valence-corrected chi connectivity index (χ2v) is 7.21. The smallest absolute Gasteiger partial charge is 0.229 e. The summed E-state index contributed by atoms with van der Waals surface area (Å²) in [5.41, 5.74) is 2.43. The molecule has 1 N–H and O–H groups in total. The molecule has 0 aliphatic rings. The first kappa shape index (κ1) is 18.9. The lowest BCUT2D eigenvalue weighted by atomic mass is 10.1. The van der Waals surface area contributed by atoms with Gasteiger partial charge >= 0.3 is 0 Å². The molecule has 0 atom stereocenters. The van der Waals surface area contributed by atoms with E-state index in [-0.39, 0.29) is 12.3 Å². The molecule has 148 valence electrons. The molecule has 0 bridgehead atoms. The normalized spacial score (nSPS) is 10.8. The minimum absolute atomic E-state index is 0.127. The lowest BCUT2D eigenvalue weighted by Crippen LogP contribution is -2.17. The second kappa shape index (κ2) is 8.32. The molecule has 0 aliphatic heterocycles. The first-order valence-corrected chi connectivity index (χ1v) is 10.1. The minimum atomic E-state index is -0.127. The van der Waals surface area contributed by atoms with E-state index in [2.05, 4.69) is 15.4 Å². The van der Waals surface area contributed by atoms with Crippen molar-refractivity contribution in [3.8, 4) is 22.3 Å². The second-order valence-electron chi connectivity index (χ2n) is 6.38. The first-order chi connectivity index (χ1) is 14.1. The van der Waals surface area contributed by atoms with Gasteiger partial charge in [-0.25, -0.2) is 4.98 Å². The number of rotatable bonds is 7. The Morgan fingerprint density at radius 2 is 2.10 bits per heavy atom. The largest absolute Gasteiger partial charge is 0.494 e. The van der Waals surface area contributed by atoms with E-state index in [0.717, 1.165) is 22.7 Å². The van der Waals surface area contributed by atoms with Crippen LogP contribution in [0.15, 0.2) is 58.5 Å². The van der Waals surface area contributed by atoms with Crippen LogP contribution in [0.2, 0.25) is 0 Å². The molecule has 29 heavy (non-hydrogen) atoms. The van der Waals surface area contributed by atoms with Crippen LogP contribution in [-0.4, -0.2) is 27.3 Å². The Bertz CT molecular complexity index is 1100. The summed E-state index contributed by atoms with van der Waals surface area (Å²) >= 11 is 1.43. The fourth-order valence-corrected chi connectivity index (χ4v) is 3.65. The van der Waals surface area contributed by atoms with Crippen molar-refractivity contribution in [2.45, 2.75) is 20.3 Å². The summed E-state index contributed by atoms with van der Waals surface area (Å²) in [6.07, 6.45) is 1.87. The molecule has 0 spiro atoms. The summed E-state index contributed by atoms with van der Waals surface area (Å²) in [7, 11) is 0. The number of aryl methyl sites for hydroxylation is 1. The topological polar surface area (TPSA) is 82.2 Å². The Hall–Kier alpha value is -3.39. The van der Waals surface area contributed by atoms with Gasteiger partial charge in [0.15, 0.2) is 5.76 Å². The molecule has 7 nitrogen and oxygen atoms in total. The summed E-state index contributed by atoms with van der Waals surface area (Å²) in [4.78, 5) is 17.1. The van der Waals surface area contributed by atoms with Crippen LogP contribution in [-0.2, 0) is 11.2 Å². The highest BCUT2D eigenvalue weighted by Crippen LogP contribution is 2.26. The molecule has 0 saturated carbocycles. The maximum atomic E-state index is 12.6. The van der Waals surface area contributed by atoms with Crippen molar-refractivity contribution in [1.82, 2.24) is 14.8 Å². The Morgan fingerprint density at radius 3 is 2.83 bits per heavy atom. The Kier molecular flexibility index (Phi) is 5.44. The number of hydrogen-bond acceptors (Lipinski definition) is 6. The van der Waals surface area contributed by atoms with Gasteiger partial charge in [0.2, 0.25) is 11.0 Å². The van der Waals surface area contributed by atoms with Crippen LogP contribution in [0.25, 0.3) is 16.6 Å². The number of aromatic nitrogens is 3. The van der Waals surface area contributed by atoms with E-state index in [1.54, 1.807) is 10.9 Å². The predicted molar refractivity (Wildman–Crippen MR) is 112 cm³/mol. The van der Waals surface area contributed by atoms with Gasteiger partial charge in [0, 0.05) is 11.4 Å². The highest BCUT2D eigenvalue weighted by molar-refractivity contribution is 7.12. The number of ether oxygens (including phenoxy) is 1. The molecule has 4 rings (SSSR count). The summed E-state index contributed by atoms with van der Waals surface area (Å²) in [6, 6.07) is 13.0. The number of hydrogen-bond donors (Lipinski definition) is 1. The molecular weight excluding hydrogens is 388 g/mol. The van der Waals surface area contributed by atoms with Gasteiger partial charge in [-0.1, -0.05) is 12.1 Å². The zero-order valence-electron chi connectivity index (χ0n) is 16.1.